The molecule has 3 atom stereocenters. The molecule has 0 aliphatic carbocycles. The van der Waals surface area contributed by atoms with Crippen LogP contribution < -0.4 is 4.74 Å². The number of benzene rings is 1. The van der Waals surface area contributed by atoms with Gasteiger partial charge in [-0.15, -0.1) is 0 Å². The SMILES string of the molecule is CCOC(=O)[C@H]1[C@@H](C)N(C(=O)OC(C)(C)C)CC[C@H]1c1cccc(OCCOC)c1. The van der Waals surface area contributed by atoms with Crippen LogP contribution in [0, 0.1) is 5.92 Å². The minimum absolute atomic E-state index is 0.0799. The predicted molar refractivity (Wildman–Crippen MR) is 114 cm³/mol. The van der Waals surface area contributed by atoms with Crippen LogP contribution in [0.1, 0.15) is 52.5 Å². The normalized spacial score (nSPS) is 21.8. The number of esters is 1. The van der Waals surface area contributed by atoms with Crippen LogP contribution in [0.25, 0.3) is 0 Å². The lowest BCUT2D eigenvalue weighted by molar-refractivity contribution is -0.152. The zero-order chi connectivity index (χ0) is 22.3. The molecule has 0 saturated carbocycles. The van der Waals surface area contributed by atoms with Crippen molar-refractivity contribution in [2.75, 3.05) is 33.5 Å². The number of nitrogens with zero attached hydrogens (tertiary/aromatic N) is 1. The molecule has 1 aromatic carbocycles. The smallest absolute Gasteiger partial charge is 0.410 e. The van der Waals surface area contributed by atoms with Crippen molar-refractivity contribution in [1.82, 2.24) is 4.90 Å². The van der Waals surface area contributed by atoms with Crippen molar-refractivity contribution in [2.24, 2.45) is 5.92 Å². The van der Waals surface area contributed by atoms with E-state index in [1.165, 1.54) is 0 Å². The molecule has 1 aliphatic rings. The summed E-state index contributed by atoms with van der Waals surface area (Å²) in [6.45, 7) is 10.9. The first-order chi connectivity index (χ1) is 14.2. The average Bonchev–Trinajstić information content (AvgIpc) is 2.66. The number of rotatable bonds is 7. The van der Waals surface area contributed by atoms with Crippen LogP contribution in [0.3, 0.4) is 0 Å². The summed E-state index contributed by atoms with van der Waals surface area (Å²) in [5, 5.41) is 0. The summed E-state index contributed by atoms with van der Waals surface area (Å²) in [5.74, 6) is -0.132. The Morgan fingerprint density at radius 1 is 1.20 bits per heavy atom. The highest BCUT2D eigenvalue weighted by Gasteiger charge is 2.44. The van der Waals surface area contributed by atoms with E-state index in [9.17, 15) is 9.59 Å². The Hall–Kier alpha value is -2.28. The van der Waals surface area contributed by atoms with Crippen LogP contribution in [0.5, 0.6) is 5.75 Å². The van der Waals surface area contributed by atoms with E-state index in [-0.39, 0.29) is 17.9 Å². The Balaban J connectivity index is 2.26. The molecule has 1 saturated heterocycles. The molecule has 7 nitrogen and oxygen atoms in total. The molecule has 0 radical (unpaired) electrons. The molecule has 30 heavy (non-hydrogen) atoms. The maximum Gasteiger partial charge on any atom is 0.410 e. The van der Waals surface area contributed by atoms with Crippen LogP contribution in [0.2, 0.25) is 0 Å². The van der Waals surface area contributed by atoms with E-state index in [1.807, 2.05) is 52.0 Å². The second kappa shape index (κ2) is 10.7. The zero-order valence-corrected chi connectivity index (χ0v) is 19.0. The molecule has 1 aliphatic heterocycles. The number of amides is 1. The Kier molecular flexibility index (Phi) is 8.53. The first-order valence-electron chi connectivity index (χ1n) is 10.6. The van der Waals surface area contributed by atoms with E-state index < -0.39 is 17.6 Å². The average molecular weight is 422 g/mol. The molecule has 168 valence electrons. The highest BCUT2D eigenvalue weighted by Crippen LogP contribution is 2.39. The first kappa shape index (κ1) is 24.0. The van der Waals surface area contributed by atoms with Gasteiger partial charge in [0.25, 0.3) is 0 Å². The molecule has 1 amide bonds. The van der Waals surface area contributed by atoms with Gasteiger partial charge in [-0.05, 0) is 58.7 Å². The van der Waals surface area contributed by atoms with E-state index in [0.717, 1.165) is 11.3 Å². The fourth-order valence-electron chi connectivity index (χ4n) is 3.82. The topological polar surface area (TPSA) is 74.3 Å². The van der Waals surface area contributed by atoms with Crippen LogP contribution in [-0.4, -0.2) is 62.1 Å². The standard InChI is InChI=1S/C23H35NO6/c1-7-28-21(25)20-16(2)24(22(26)30-23(3,4)5)12-11-19(20)17-9-8-10-18(15-17)29-14-13-27-6/h8-10,15-16,19-20H,7,11-14H2,1-6H3/t16-,19+,20+/m1/s1. The zero-order valence-electron chi connectivity index (χ0n) is 19.0. The summed E-state index contributed by atoms with van der Waals surface area (Å²) < 4.78 is 21.7. The summed E-state index contributed by atoms with van der Waals surface area (Å²) in [5.41, 5.74) is 0.402. The van der Waals surface area contributed by atoms with Crippen molar-refractivity contribution in [3.63, 3.8) is 0 Å². The van der Waals surface area contributed by atoms with E-state index in [2.05, 4.69) is 0 Å². The van der Waals surface area contributed by atoms with Gasteiger partial charge >= 0.3 is 12.1 Å². The summed E-state index contributed by atoms with van der Waals surface area (Å²) >= 11 is 0. The maximum absolute atomic E-state index is 12.9. The number of piperidine rings is 1. The Bertz CT molecular complexity index is 714. The summed E-state index contributed by atoms with van der Waals surface area (Å²) in [6, 6.07) is 7.41. The molecule has 0 aromatic heterocycles. The monoisotopic (exact) mass is 421 g/mol. The third kappa shape index (κ3) is 6.36. The number of hydrogen-bond acceptors (Lipinski definition) is 6. The fourth-order valence-corrected chi connectivity index (χ4v) is 3.82. The summed E-state index contributed by atoms with van der Waals surface area (Å²) in [7, 11) is 1.63. The van der Waals surface area contributed by atoms with Gasteiger partial charge in [0.1, 0.15) is 18.0 Å². The molecule has 0 bridgehead atoms. The van der Waals surface area contributed by atoms with Gasteiger partial charge in [0.2, 0.25) is 0 Å². The van der Waals surface area contributed by atoms with Crippen LogP contribution in [0.4, 0.5) is 4.79 Å². The third-order valence-corrected chi connectivity index (χ3v) is 5.16. The minimum atomic E-state index is -0.596. The number of likely N-dealkylation sites (tertiary alicyclic amines) is 1. The molecule has 0 unspecified atom stereocenters. The first-order valence-corrected chi connectivity index (χ1v) is 10.6. The third-order valence-electron chi connectivity index (χ3n) is 5.16. The molecule has 7 heteroatoms. The van der Waals surface area contributed by atoms with Crippen LogP contribution in [-0.2, 0) is 19.0 Å². The van der Waals surface area contributed by atoms with Gasteiger partial charge in [-0.1, -0.05) is 12.1 Å². The van der Waals surface area contributed by atoms with Crippen LogP contribution >= 0.6 is 0 Å². The summed E-state index contributed by atoms with van der Waals surface area (Å²) in [6.07, 6.45) is 0.230. The number of carbonyl (C=O) groups is 2. The van der Waals surface area contributed by atoms with Crippen molar-refractivity contribution in [1.29, 1.82) is 0 Å². The predicted octanol–water partition coefficient (Wildman–Crippen LogP) is 4.00. The lowest BCUT2D eigenvalue weighted by atomic mass is 9.76. The molecular weight excluding hydrogens is 386 g/mol. The number of methoxy groups -OCH3 is 1. The molecule has 1 aromatic rings. The number of carbonyl (C=O) groups excluding carboxylic acids is 2. The van der Waals surface area contributed by atoms with Gasteiger partial charge < -0.3 is 23.8 Å². The second-order valence-corrected chi connectivity index (χ2v) is 8.50. The van der Waals surface area contributed by atoms with Gasteiger partial charge in [-0.2, -0.15) is 0 Å². The van der Waals surface area contributed by atoms with Gasteiger partial charge in [0, 0.05) is 25.6 Å². The van der Waals surface area contributed by atoms with E-state index in [4.69, 9.17) is 18.9 Å². The van der Waals surface area contributed by atoms with Gasteiger partial charge in [-0.25, -0.2) is 4.79 Å². The Morgan fingerprint density at radius 2 is 1.93 bits per heavy atom. The quantitative estimate of drug-likeness (QED) is 0.489. The second-order valence-electron chi connectivity index (χ2n) is 8.50. The highest BCUT2D eigenvalue weighted by atomic mass is 16.6. The van der Waals surface area contributed by atoms with Crippen molar-refractivity contribution in [2.45, 2.75) is 58.6 Å². The highest BCUT2D eigenvalue weighted by molar-refractivity contribution is 5.77. The van der Waals surface area contributed by atoms with E-state index in [0.29, 0.717) is 32.8 Å². The lowest BCUT2D eigenvalue weighted by Crippen LogP contribution is -2.53. The molecule has 0 N–H and O–H groups in total. The minimum Gasteiger partial charge on any atom is -0.491 e. The van der Waals surface area contributed by atoms with E-state index >= 15 is 0 Å². The molecule has 1 heterocycles. The number of ether oxygens (including phenoxy) is 4. The lowest BCUT2D eigenvalue weighted by Gasteiger charge is -2.43. The molecule has 0 spiro atoms. The van der Waals surface area contributed by atoms with Gasteiger partial charge in [0.15, 0.2) is 0 Å². The Morgan fingerprint density at radius 3 is 2.57 bits per heavy atom. The van der Waals surface area contributed by atoms with Gasteiger partial charge in [-0.3, -0.25) is 4.79 Å². The molecular formula is C23H35NO6. The largest absolute Gasteiger partial charge is 0.491 e. The van der Waals surface area contributed by atoms with Crippen LogP contribution in [0.15, 0.2) is 24.3 Å². The summed E-state index contributed by atoms with van der Waals surface area (Å²) in [4.78, 5) is 27.2. The van der Waals surface area contributed by atoms with Gasteiger partial charge in [0.05, 0.1) is 19.1 Å². The van der Waals surface area contributed by atoms with Crippen molar-refractivity contribution in [3.05, 3.63) is 29.8 Å². The number of hydrogen-bond donors (Lipinski definition) is 0. The van der Waals surface area contributed by atoms with Crippen molar-refractivity contribution < 1.29 is 28.5 Å². The molecule has 2 rings (SSSR count). The van der Waals surface area contributed by atoms with E-state index in [1.54, 1.807) is 18.9 Å². The maximum atomic E-state index is 12.9. The van der Waals surface area contributed by atoms with Crippen molar-refractivity contribution >= 4 is 12.1 Å². The fraction of sp³-hybridized carbons (Fsp3) is 0.652. The van der Waals surface area contributed by atoms with Crippen molar-refractivity contribution in [3.8, 4) is 5.75 Å². The Labute approximate surface area is 179 Å². The molecule has 1 fully saturated rings.